The van der Waals surface area contributed by atoms with Crippen molar-refractivity contribution in [1.82, 2.24) is 24.3 Å². The van der Waals surface area contributed by atoms with Crippen LogP contribution in [0.5, 0.6) is 0 Å². The van der Waals surface area contributed by atoms with Gasteiger partial charge in [-0.15, -0.1) is 10.2 Å². The quantitative estimate of drug-likeness (QED) is 0.309. The molecule has 0 N–H and O–H groups in total. The molecule has 0 atom stereocenters. The van der Waals surface area contributed by atoms with E-state index in [1.807, 2.05) is 41.0 Å². The first-order valence-corrected chi connectivity index (χ1v) is 10.6. The number of para-hydroxylation sites is 2. The minimum absolute atomic E-state index is 0.226. The molecule has 0 aliphatic carbocycles. The molecule has 0 aliphatic rings. The zero-order valence-corrected chi connectivity index (χ0v) is 17.0. The molecule has 0 radical (unpaired) electrons. The van der Waals surface area contributed by atoms with Crippen LogP contribution in [-0.4, -0.2) is 24.3 Å². The lowest BCUT2D eigenvalue weighted by atomic mass is 10.2. The molecule has 156 valence electrons. The van der Waals surface area contributed by atoms with Gasteiger partial charge in [-0.05, 0) is 29.8 Å². The molecule has 31 heavy (non-hydrogen) atoms. The van der Waals surface area contributed by atoms with Crippen LogP contribution in [0.15, 0.2) is 82.6 Å². The van der Waals surface area contributed by atoms with E-state index in [1.165, 1.54) is 11.8 Å². The van der Waals surface area contributed by atoms with Crippen molar-refractivity contribution in [3.8, 4) is 11.6 Å². The van der Waals surface area contributed by atoms with Crippen molar-refractivity contribution < 1.29 is 13.2 Å². The molecule has 9 heteroatoms. The topological polar surface area (TPSA) is 61.7 Å². The summed E-state index contributed by atoms with van der Waals surface area (Å²) in [6.07, 6.45) is 1.58. The lowest BCUT2D eigenvalue weighted by Crippen LogP contribution is -2.06. The predicted molar refractivity (Wildman–Crippen MR) is 114 cm³/mol. The Morgan fingerprint density at radius 1 is 0.935 bits per heavy atom. The molecule has 0 saturated carbocycles. The van der Waals surface area contributed by atoms with Gasteiger partial charge in [-0.25, -0.2) is 4.98 Å². The maximum absolute atomic E-state index is 13.7. The van der Waals surface area contributed by atoms with Crippen molar-refractivity contribution in [1.29, 1.82) is 0 Å². The van der Waals surface area contributed by atoms with E-state index in [9.17, 15) is 8.78 Å². The Balaban J connectivity index is 1.49. The summed E-state index contributed by atoms with van der Waals surface area (Å²) in [5.74, 6) is 1.69. The molecule has 0 fully saturated rings. The molecule has 0 unspecified atom stereocenters. The van der Waals surface area contributed by atoms with Crippen molar-refractivity contribution in [3.63, 3.8) is 0 Å². The molecule has 0 aliphatic heterocycles. The first-order chi connectivity index (χ1) is 15.2. The summed E-state index contributed by atoms with van der Waals surface area (Å²) in [4.78, 5) is 4.41. The Bertz CT molecular complexity index is 1300. The summed E-state index contributed by atoms with van der Waals surface area (Å²) >= 11 is 1.32. The van der Waals surface area contributed by atoms with Crippen LogP contribution in [0, 0.1) is 0 Å². The van der Waals surface area contributed by atoms with E-state index in [1.54, 1.807) is 36.6 Å². The van der Waals surface area contributed by atoms with Crippen molar-refractivity contribution in [3.05, 3.63) is 84.4 Å². The van der Waals surface area contributed by atoms with E-state index in [-0.39, 0.29) is 11.6 Å². The van der Waals surface area contributed by atoms with Gasteiger partial charge in [-0.2, -0.15) is 8.78 Å². The number of thioether (sulfide) groups is 1. The van der Waals surface area contributed by atoms with Gasteiger partial charge in [0.25, 0.3) is 0 Å². The van der Waals surface area contributed by atoms with E-state index < -0.39 is 6.55 Å². The summed E-state index contributed by atoms with van der Waals surface area (Å²) in [7, 11) is 0. The standard InChI is InChI=1S/C22H17F2N5OS/c23-21(24)29-17-10-5-4-9-16(17)25-19(29)14-31-22-27-26-20(18-11-6-12-30-18)28(22)13-15-7-2-1-3-8-15/h1-12,21H,13-14H2. The zero-order valence-electron chi connectivity index (χ0n) is 16.2. The predicted octanol–water partition coefficient (Wildman–Crippen LogP) is 5.62. The van der Waals surface area contributed by atoms with Gasteiger partial charge in [0.05, 0.1) is 29.6 Å². The number of aromatic nitrogens is 5. The van der Waals surface area contributed by atoms with Crippen LogP contribution in [-0.2, 0) is 12.3 Å². The Morgan fingerprint density at radius 3 is 2.52 bits per heavy atom. The van der Waals surface area contributed by atoms with Crippen LogP contribution in [0.4, 0.5) is 8.78 Å². The number of hydrogen-bond donors (Lipinski definition) is 0. The number of rotatable bonds is 7. The fourth-order valence-corrected chi connectivity index (χ4v) is 4.30. The molecule has 0 bridgehead atoms. The molecule has 0 amide bonds. The van der Waals surface area contributed by atoms with E-state index in [0.29, 0.717) is 34.3 Å². The molecule has 2 aromatic carbocycles. The fraction of sp³-hybridized carbons (Fsp3) is 0.136. The number of halogens is 2. The van der Waals surface area contributed by atoms with Crippen LogP contribution < -0.4 is 0 Å². The summed E-state index contributed by atoms with van der Waals surface area (Å²) in [5.41, 5.74) is 2.02. The average Bonchev–Trinajstić information content (AvgIpc) is 3.51. The second-order valence-corrected chi connectivity index (χ2v) is 7.75. The third-order valence-electron chi connectivity index (χ3n) is 4.84. The molecular weight excluding hydrogens is 420 g/mol. The largest absolute Gasteiger partial charge is 0.461 e. The number of nitrogens with zero attached hydrogens (tertiary/aromatic N) is 5. The van der Waals surface area contributed by atoms with E-state index >= 15 is 0 Å². The van der Waals surface area contributed by atoms with Crippen LogP contribution in [0.1, 0.15) is 17.9 Å². The van der Waals surface area contributed by atoms with Crippen molar-refractivity contribution in [2.45, 2.75) is 24.0 Å². The molecular formula is C22H17F2N5OS. The summed E-state index contributed by atoms with van der Waals surface area (Å²) in [6, 6.07) is 20.4. The third-order valence-corrected chi connectivity index (χ3v) is 5.80. The minimum atomic E-state index is -2.68. The van der Waals surface area contributed by atoms with Crippen molar-refractivity contribution in [2.24, 2.45) is 0 Å². The summed E-state index contributed by atoms with van der Waals surface area (Å²) in [5, 5.41) is 9.19. The highest BCUT2D eigenvalue weighted by Gasteiger charge is 2.21. The molecule has 6 nitrogen and oxygen atoms in total. The number of benzene rings is 2. The van der Waals surface area contributed by atoms with E-state index in [4.69, 9.17) is 4.42 Å². The van der Waals surface area contributed by atoms with Gasteiger partial charge in [-0.1, -0.05) is 54.2 Å². The fourth-order valence-electron chi connectivity index (χ4n) is 3.44. The maximum atomic E-state index is 13.7. The van der Waals surface area contributed by atoms with Crippen LogP contribution in [0.25, 0.3) is 22.6 Å². The van der Waals surface area contributed by atoms with Gasteiger partial charge in [0, 0.05) is 0 Å². The summed E-state index contributed by atoms with van der Waals surface area (Å²) < 4.78 is 35.9. The van der Waals surface area contributed by atoms with Crippen molar-refractivity contribution in [2.75, 3.05) is 0 Å². The van der Waals surface area contributed by atoms with Crippen LogP contribution in [0.2, 0.25) is 0 Å². The Labute approximate surface area is 180 Å². The highest BCUT2D eigenvalue weighted by molar-refractivity contribution is 7.98. The first kappa shape index (κ1) is 19.5. The molecule has 5 rings (SSSR count). The lowest BCUT2D eigenvalue weighted by molar-refractivity contribution is 0.0722. The number of fused-ring (bicyclic) bond motifs is 1. The Kier molecular flexibility index (Phi) is 5.25. The molecule has 0 saturated heterocycles. The second kappa shape index (κ2) is 8.35. The molecule has 5 aromatic rings. The Hall–Kier alpha value is -3.46. The SMILES string of the molecule is FC(F)n1c(CSc2nnc(-c3ccco3)n2Cc2ccccc2)nc2ccccc21. The molecule has 0 spiro atoms. The van der Waals surface area contributed by atoms with E-state index in [0.717, 1.165) is 10.1 Å². The van der Waals surface area contributed by atoms with Gasteiger partial charge in [-0.3, -0.25) is 9.13 Å². The second-order valence-electron chi connectivity index (χ2n) is 6.81. The molecule has 3 aromatic heterocycles. The molecule has 3 heterocycles. The maximum Gasteiger partial charge on any atom is 0.320 e. The Morgan fingerprint density at radius 2 is 1.74 bits per heavy atom. The summed E-state index contributed by atoms with van der Waals surface area (Å²) in [6.45, 7) is -2.15. The van der Waals surface area contributed by atoms with Gasteiger partial charge in [0.2, 0.25) is 5.82 Å². The highest BCUT2D eigenvalue weighted by atomic mass is 32.2. The number of imidazole rings is 1. The van der Waals surface area contributed by atoms with Gasteiger partial charge in [0.1, 0.15) is 5.82 Å². The van der Waals surface area contributed by atoms with Gasteiger partial charge < -0.3 is 4.42 Å². The number of furan rings is 1. The highest BCUT2D eigenvalue weighted by Crippen LogP contribution is 2.30. The minimum Gasteiger partial charge on any atom is -0.461 e. The number of alkyl halides is 2. The zero-order chi connectivity index (χ0) is 21.2. The van der Waals surface area contributed by atoms with Crippen molar-refractivity contribution >= 4 is 22.8 Å². The van der Waals surface area contributed by atoms with Gasteiger partial charge in [0.15, 0.2) is 10.9 Å². The monoisotopic (exact) mass is 437 g/mol. The number of hydrogen-bond acceptors (Lipinski definition) is 5. The van der Waals surface area contributed by atoms with E-state index in [2.05, 4.69) is 15.2 Å². The van der Waals surface area contributed by atoms with Gasteiger partial charge >= 0.3 is 6.55 Å². The lowest BCUT2D eigenvalue weighted by Gasteiger charge is -2.10. The smallest absolute Gasteiger partial charge is 0.320 e. The average molecular weight is 437 g/mol. The van der Waals surface area contributed by atoms with Crippen LogP contribution in [0.3, 0.4) is 0 Å². The normalized spacial score (nSPS) is 11.6. The first-order valence-electron chi connectivity index (χ1n) is 9.58. The van der Waals surface area contributed by atoms with Crippen LogP contribution >= 0.6 is 11.8 Å². The third kappa shape index (κ3) is 3.84.